The normalized spacial score (nSPS) is 20.5. The second-order valence-corrected chi connectivity index (χ2v) is 8.63. The van der Waals surface area contributed by atoms with E-state index in [9.17, 15) is 13.2 Å². The Hall–Kier alpha value is -2.25. The van der Waals surface area contributed by atoms with Crippen molar-refractivity contribution in [2.24, 2.45) is 11.8 Å². The predicted octanol–water partition coefficient (Wildman–Crippen LogP) is 2.03. The van der Waals surface area contributed by atoms with Gasteiger partial charge in [0, 0.05) is 24.6 Å². The lowest BCUT2D eigenvalue weighted by molar-refractivity contribution is -0.121. The minimum atomic E-state index is -3.45. The van der Waals surface area contributed by atoms with Crippen LogP contribution >= 0.6 is 0 Å². The molecule has 2 N–H and O–H groups in total. The second-order valence-electron chi connectivity index (χ2n) is 6.63. The number of carbonyl (C=O) groups excluding carboxylic acids is 1. The SMILES string of the molecule is Cc1ccccc1S(=O)(=O)CC1CCNCC1C(=O)Nc1ccncc1. The van der Waals surface area contributed by atoms with Crippen LogP contribution in [0.5, 0.6) is 0 Å². The van der Waals surface area contributed by atoms with Gasteiger partial charge in [-0.05, 0) is 49.6 Å². The van der Waals surface area contributed by atoms with Crippen molar-refractivity contribution in [1.82, 2.24) is 10.3 Å². The predicted molar refractivity (Wildman–Crippen MR) is 101 cm³/mol. The third kappa shape index (κ3) is 4.28. The van der Waals surface area contributed by atoms with Gasteiger partial charge in [-0.2, -0.15) is 0 Å². The summed E-state index contributed by atoms with van der Waals surface area (Å²) in [5.74, 6) is -0.791. The number of nitrogens with zero attached hydrogens (tertiary/aromatic N) is 1. The molecule has 2 heterocycles. The molecule has 1 amide bonds. The first-order valence-corrected chi connectivity index (χ1v) is 10.3. The van der Waals surface area contributed by atoms with Gasteiger partial charge >= 0.3 is 0 Å². The molecule has 1 fully saturated rings. The van der Waals surface area contributed by atoms with Crippen molar-refractivity contribution in [2.45, 2.75) is 18.2 Å². The monoisotopic (exact) mass is 373 g/mol. The molecule has 0 spiro atoms. The van der Waals surface area contributed by atoms with Crippen LogP contribution in [0.1, 0.15) is 12.0 Å². The number of rotatable bonds is 5. The number of aryl methyl sites for hydroxylation is 1. The Morgan fingerprint density at radius 3 is 2.69 bits per heavy atom. The number of benzene rings is 1. The maximum atomic E-state index is 12.9. The first kappa shape index (κ1) is 18.5. The van der Waals surface area contributed by atoms with E-state index in [0.29, 0.717) is 30.1 Å². The molecule has 3 rings (SSSR count). The van der Waals surface area contributed by atoms with E-state index in [2.05, 4.69) is 15.6 Å². The Morgan fingerprint density at radius 1 is 1.23 bits per heavy atom. The molecule has 2 unspecified atom stereocenters. The Morgan fingerprint density at radius 2 is 1.96 bits per heavy atom. The van der Waals surface area contributed by atoms with Crippen molar-refractivity contribution in [3.05, 3.63) is 54.4 Å². The van der Waals surface area contributed by atoms with Gasteiger partial charge in [0.2, 0.25) is 5.91 Å². The van der Waals surface area contributed by atoms with Gasteiger partial charge in [0.15, 0.2) is 9.84 Å². The number of hydrogen-bond acceptors (Lipinski definition) is 5. The van der Waals surface area contributed by atoms with Crippen LogP contribution in [0, 0.1) is 18.8 Å². The van der Waals surface area contributed by atoms with Crippen molar-refractivity contribution in [3.63, 3.8) is 0 Å². The topological polar surface area (TPSA) is 88.2 Å². The van der Waals surface area contributed by atoms with Gasteiger partial charge in [-0.1, -0.05) is 18.2 Å². The van der Waals surface area contributed by atoms with E-state index in [4.69, 9.17) is 0 Å². The zero-order valence-corrected chi connectivity index (χ0v) is 15.5. The number of amides is 1. The molecule has 0 radical (unpaired) electrons. The molecule has 1 aliphatic rings. The Labute approximate surface area is 154 Å². The molecule has 1 saturated heterocycles. The molecular formula is C19H23N3O3S. The van der Waals surface area contributed by atoms with Crippen LogP contribution in [0.25, 0.3) is 0 Å². The van der Waals surface area contributed by atoms with E-state index in [-0.39, 0.29) is 17.6 Å². The average Bonchev–Trinajstić information content (AvgIpc) is 2.63. The van der Waals surface area contributed by atoms with Gasteiger partial charge in [-0.25, -0.2) is 8.42 Å². The highest BCUT2D eigenvalue weighted by molar-refractivity contribution is 7.91. The summed E-state index contributed by atoms with van der Waals surface area (Å²) in [5, 5.41) is 6.07. The van der Waals surface area contributed by atoms with Crippen molar-refractivity contribution in [2.75, 3.05) is 24.2 Å². The number of sulfone groups is 1. The molecule has 0 aliphatic carbocycles. The van der Waals surface area contributed by atoms with E-state index < -0.39 is 15.8 Å². The van der Waals surface area contributed by atoms with Gasteiger partial charge < -0.3 is 10.6 Å². The van der Waals surface area contributed by atoms with Crippen molar-refractivity contribution < 1.29 is 13.2 Å². The third-order valence-corrected chi connectivity index (χ3v) is 6.77. The molecule has 1 aromatic carbocycles. The highest BCUT2D eigenvalue weighted by atomic mass is 32.2. The fourth-order valence-electron chi connectivity index (χ4n) is 3.37. The molecule has 0 bridgehead atoms. The zero-order chi connectivity index (χ0) is 18.6. The fraction of sp³-hybridized carbons (Fsp3) is 0.368. The van der Waals surface area contributed by atoms with Gasteiger partial charge in [0.25, 0.3) is 0 Å². The summed E-state index contributed by atoms with van der Waals surface area (Å²) in [6.07, 6.45) is 3.86. The van der Waals surface area contributed by atoms with E-state index in [0.717, 1.165) is 5.56 Å². The summed E-state index contributed by atoms with van der Waals surface area (Å²) in [7, 11) is -3.45. The number of aromatic nitrogens is 1. The molecule has 0 saturated carbocycles. The lowest BCUT2D eigenvalue weighted by Crippen LogP contribution is -2.45. The van der Waals surface area contributed by atoms with Gasteiger partial charge in [-0.15, -0.1) is 0 Å². The third-order valence-electron chi connectivity index (χ3n) is 4.77. The number of pyridine rings is 1. The van der Waals surface area contributed by atoms with Crippen molar-refractivity contribution >= 4 is 21.4 Å². The number of anilines is 1. The molecule has 1 aromatic heterocycles. The molecule has 138 valence electrons. The second kappa shape index (κ2) is 7.97. The largest absolute Gasteiger partial charge is 0.326 e. The van der Waals surface area contributed by atoms with E-state index in [1.807, 2.05) is 6.07 Å². The minimum Gasteiger partial charge on any atom is -0.326 e. The molecule has 2 atom stereocenters. The van der Waals surface area contributed by atoms with E-state index >= 15 is 0 Å². The lowest BCUT2D eigenvalue weighted by atomic mass is 9.87. The van der Waals surface area contributed by atoms with Gasteiger partial charge in [0.05, 0.1) is 16.6 Å². The maximum absolute atomic E-state index is 12.9. The van der Waals surface area contributed by atoms with Crippen LogP contribution in [0.3, 0.4) is 0 Å². The summed E-state index contributed by atoms with van der Waals surface area (Å²) in [6, 6.07) is 10.4. The number of nitrogens with one attached hydrogen (secondary N) is 2. The van der Waals surface area contributed by atoms with Crippen LogP contribution in [-0.4, -0.2) is 38.2 Å². The van der Waals surface area contributed by atoms with Gasteiger partial charge in [-0.3, -0.25) is 9.78 Å². The van der Waals surface area contributed by atoms with Crippen LogP contribution in [0.15, 0.2) is 53.7 Å². The molecule has 1 aliphatic heterocycles. The first-order valence-electron chi connectivity index (χ1n) is 8.67. The van der Waals surface area contributed by atoms with Crippen molar-refractivity contribution in [3.8, 4) is 0 Å². The highest BCUT2D eigenvalue weighted by Gasteiger charge is 2.35. The molecule has 26 heavy (non-hydrogen) atoms. The average molecular weight is 373 g/mol. The maximum Gasteiger partial charge on any atom is 0.229 e. The summed E-state index contributed by atoms with van der Waals surface area (Å²) < 4.78 is 25.8. The summed E-state index contributed by atoms with van der Waals surface area (Å²) in [5.41, 5.74) is 1.40. The lowest BCUT2D eigenvalue weighted by Gasteiger charge is -2.31. The summed E-state index contributed by atoms with van der Waals surface area (Å²) in [6.45, 7) is 2.99. The van der Waals surface area contributed by atoms with Crippen LogP contribution in [0.4, 0.5) is 5.69 Å². The molecule has 6 nitrogen and oxygen atoms in total. The van der Waals surface area contributed by atoms with Gasteiger partial charge in [0.1, 0.15) is 0 Å². The molecular weight excluding hydrogens is 350 g/mol. The first-order chi connectivity index (χ1) is 12.5. The van der Waals surface area contributed by atoms with Crippen molar-refractivity contribution in [1.29, 1.82) is 0 Å². The molecule has 7 heteroatoms. The quantitative estimate of drug-likeness (QED) is 0.837. The Kier molecular flexibility index (Phi) is 5.68. The standard InChI is InChI=1S/C19H23N3O3S/c1-14-4-2-3-5-18(14)26(24,25)13-15-6-9-21-12-17(15)19(23)22-16-7-10-20-11-8-16/h2-5,7-8,10-11,15,17,21H,6,9,12-13H2,1H3,(H,20,22,23). The van der Waals surface area contributed by atoms with Crippen LogP contribution in [-0.2, 0) is 14.6 Å². The minimum absolute atomic E-state index is 0.0199. The number of carbonyl (C=O) groups is 1. The van der Waals surface area contributed by atoms with Crippen LogP contribution < -0.4 is 10.6 Å². The van der Waals surface area contributed by atoms with E-state index in [1.165, 1.54) is 0 Å². The molecule has 2 aromatic rings. The summed E-state index contributed by atoms with van der Waals surface area (Å²) >= 11 is 0. The number of hydrogen-bond donors (Lipinski definition) is 2. The smallest absolute Gasteiger partial charge is 0.229 e. The Balaban J connectivity index is 1.77. The zero-order valence-electron chi connectivity index (χ0n) is 14.7. The summed E-state index contributed by atoms with van der Waals surface area (Å²) in [4.78, 5) is 17.0. The Bertz CT molecular complexity index is 869. The number of piperidine rings is 1. The highest BCUT2D eigenvalue weighted by Crippen LogP contribution is 2.26. The van der Waals surface area contributed by atoms with E-state index in [1.54, 1.807) is 49.6 Å². The fourth-order valence-corrected chi connectivity index (χ4v) is 5.35. The van der Waals surface area contributed by atoms with Crippen LogP contribution in [0.2, 0.25) is 0 Å².